The highest BCUT2D eigenvalue weighted by Gasteiger charge is 2.19. The third-order valence-electron chi connectivity index (χ3n) is 3.27. The van der Waals surface area contributed by atoms with Gasteiger partial charge in [0.15, 0.2) is 0 Å². The van der Waals surface area contributed by atoms with E-state index in [1.54, 1.807) is 18.2 Å². The molecule has 0 aromatic heterocycles. The van der Waals surface area contributed by atoms with Crippen molar-refractivity contribution in [2.75, 3.05) is 13.1 Å². The molecule has 0 aliphatic carbocycles. The smallest absolute Gasteiger partial charge is 0.239 e. The summed E-state index contributed by atoms with van der Waals surface area (Å²) < 4.78 is 0. The monoisotopic (exact) mass is 397 g/mol. The van der Waals surface area contributed by atoms with Crippen LogP contribution >= 0.6 is 35.6 Å². The van der Waals surface area contributed by atoms with Crippen LogP contribution in [0.4, 0.5) is 0 Å². The van der Waals surface area contributed by atoms with Gasteiger partial charge in [0.2, 0.25) is 11.8 Å². The summed E-state index contributed by atoms with van der Waals surface area (Å²) >= 11 is 12.0. The van der Waals surface area contributed by atoms with Crippen molar-refractivity contribution >= 4 is 47.4 Å². The number of carbonyl (C=O) groups excluding carboxylic acids is 2. The van der Waals surface area contributed by atoms with E-state index in [0.717, 1.165) is 0 Å². The van der Waals surface area contributed by atoms with Gasteiger partial charge in [0.05, 0.1) is 18.7 Å². The molecule has 0 saturated carbocycles. The number of nitrogens with two attached hydrogens (primary N) is 1. The molecule has 0 spiro atoms. The lowest BCUT2D eigenvalue weighted by Crippen LogP contribution is -2.47. The average Bonchev–Trinajstić information content (AvgIpc) is 2.49. The van der Waals surface area contributed by atoms with Crippen LogP contribution in [0.5, 0.6) is 0 Å². The summed E-state index contributed by atoms with van der Waals surface area (Å²) in [4.78, 5) is 23.3. The average molecular weight is 399 g/mol. The van der Waals surface area contributed by atoms with E-state index < -0.39 is 24.0 Å². The molecular weight excluding hydrogens is 377 g/mol. The van der Waals surface area contributed by atoms with Crippen LogP contribution in [0.15, 0.2) is 18.2 Å². The lowest BCUT2D eigenvalue weighted by molar-refractivity contribution is -0.127. The van der Waals surface area contributed by atoms with Crippen LogP contribution in [-0.2, 0) is 9.59 Å². The normalized spacial score (nSPS) is 13.0. The van der Waals surface area contributed by atoms with E-state index in [1.807, 2.05) is 13.8 Å². The second-order valence-corrected chi connectivity index (χ2v) is 6.26. The molecule has 0 fully saturated rings. The predicted octanol–water partition coefficient (Wildman–Crippen LogP) is 1.66. The SMILES string of the molecule is CC(C)[C@H](N)C(=O)NCC(=O)NCC(O)c1c(Cl)cccc1Cl.Cl. The van der Waals surface area contributed by atoms with Gasteiger partial charge in [-0.3, -0.25) is 9.59 Å². The largest absolute Gasteiger partial charge is 0.386 e. The first-order valence-corrected chi connectivity index (χ1v) is 7.91. The van der Waals surface area contributed by atoms with Crippen molar-refractivity contribution < 1.29 is 14.7 Å². The van der Waals surface area contributed by atoms with Gasteiger partial charge in [-0.1, -0.05) is 43.1 Å². The van der Waals surface area contributed by atoms with Crippen molar-refractivity contribution in [1.82, 2.24) is 10.6 Å². The van der Waals surface area contributed by atoms with Crippen molar-refractivity contribution in [2.24, 2.45) is 11.7 Å². The number of rotatable bonds is 7. The molecular formula is C15H22Cl3N3O3. The van der Waals surface area contributed by atoms with Crippen molar-refractivity contribution in [2.45, 2.75) is 26.0 Å². The van der Waals surface area contributed by atoms with E-state index in [0.29, 0.717) is 15.6 Å². The fourth-order valence-corrected chi connectivity index (χ4v) is 2.44. The predicted molar refractivity (Wildman–Crippen MR) is 97.5 cm³/mol. The molecule has 1 aromatic rings. The molecule has 9 heteroatoms. The number of carbonyl (C=O) groups is 2. The van der Waals surface area contributed by atoms with E-state index in [9.17, 15) is 14.7 Å². The Balaban J connectivity index is 0.00000529. The van der Waals surface area contributed by atoms with Crippen molar-refractivity contribution in [3.63, 3.8) is 0 Å². The molecule has 0 aliphatic rings. The molecule has 0 saturated heterocycles. The second kappa shape index (κ2) is 10.7. The molecule has 24 heavy (non-hydrogen) atoms. The molecule has 0 bridgehead atoms. The van der Waals surface area contributed by atoms with Gasteiger partial charge < -0.3 is 21.5 Å². The summed E-state index contributed by atoms with van der Waals surface area (Å²) in [6, 6.07) is 4.19. The maximum atomic E-state index is 11.7. The maximum Gasteiger partial charge on any atom is 0.239 e. The van der Waals surface area contributed by atoms with E-state index in [2.05, 4.69) is 10.6 Å². The van der Waals surface area contributed by atoms with Gasteiger partial charge in [0.25, 0.3) is 0 Å². The Morgan fingerprint density at radius 3 is 2.25 bits per heavy atom. The van der Waals surface area contributed by atoms with Crippen LogP contribution in [0.2, 0.25) is 10.0 Å². The van der Waals surface area contributed by atoms with Crippen LogP contribution < -0.4 is 16.4 Å². The Kier molecular flexibility index (Phi) is 10.3. The number of hydrogen-bond donors (Lipinski definition) is 4. The molecule has 1 aromatic carbocycles. The lowest BCUT2D eigenvalue weighted by atomic mass is 10.1. The van der Waals surface area contributed by atoms with Crippen molar-refractivity contribution in [3.05, 3.63) is 33.8 Å². The molecule has 6 nitrogen and oxygen atoms in total. The minimum absolute atomic E-state index is 0. The highest BCUT2D eigenvalue weighted by molar-refractivity contribution is 6.36. The molecule has 2 atom stereocenters. The maximum absolute atomic E-state index is 11.7. The highest BCUT2D eigenvalue weighted by Crippen LogP contribution is 2.29. The zero-order chi connectivity index (χ0) is 17.6. The third-order valence-corrected chi connectivity index (χ3v) is 3.93. The van der Waals surface area contributed by atoms with E-state index in [-0.39, 0.29) is 31.4 Å². The lowest BCUT2D eigenvalue weighted by Gasteiger charge is -2.17. The fourth-order valence-electron chi connectivity index (χ4n) is 1.79. The Labute approximate surface area is 157 Å². The Bertz CT molecular complexity index is 550. The number of nitrogens with one attached hydrogen (secondary N) is 2. The Hall–Kier alpha value is -1.05. The van der Waals surface area contributed by atoms with E-state index >= 15 is 0 Å². The van der Waals surface area contributed by atoms with Crippen LogP contribution in [-0.4, -0.2) is 36.1 Å². The molecule has 0 aliphatic heterocycles. The summed E-state index contributed by atoms with van der Waals surface area (Å²) in [6.07, 6.45) is -1.05. The number of aliphatic hydroxyl groups excluding tert-OH is 1. The zero-order valence-electron chi connectivity index (χ0n) is 13.4. The number of amides is 2. The highest BCUT2D eigenvalue weighted by atomic mass is 35.5. The third kappa shape index (κ3) is 6.83. The Morgan fingerprint density at radius 2 is 1.75 bits per heavy atom. The van der Waals surface area contributed by atoms with Crippen molar-refractivity contribution in [3.8, 4) is 0 Å². The summed E-state index contributed by atoms with van der Waals surface area (Å²) in [6.45, 7) is 3.33. The molecule has 136 valence electrons. The van der Waals surface area contributed by atoms with Crippen LogP contribution in [0.1, 0.15) is 25.5 Å². The van der Waals surface area contributed by atoms with Gasteiger partial charge in [-0.05, 0) is 18.1 Å². The van der Waals surface area contributed by atoms with Gasteiger partial charge in [-0.15, -0.1) is 12.4 Å². The van der Waals surface area contributed by atoms with Gasteiger partial charge >= 0.3 is 0 Å². The second-order valence-electron chi connectivity index (χ2n) is 5.44. The standard InChI is InChI=1S/C15H21Cl2N3O3.ClH/c1-8(2)14(18)15(23)20-7-12(22)19-6-11(21)13-9(16)4-3-5-10(13)17;/h3-5,8,11,14,21H,6-7,18H2,1-2H3,(H,19,22)(H,20,23);1H/t11?,14-;/m0./s1. The number of aliphatic hydroxyl groups is 1. The zero-order valence-corrected chi connectivity index (χ0v) is 15.7. The minimum Gasteiger partial charge on any atom is -0.386 e. The molecule has 0 radical (unpaired) electrons. The van der Waals surface area contributed by atoms with Crippen LogP contribution in [0.3, 0.4) is 0 Å². The molecule has 0 heterocycles. The van der Waals surface area contributed by atoms with Crippen LogP contribution in [0, 0.1) is 5.92 Å². The number of halogens is 3. The summed E-state index contributed by atoms with van der Waals surface area (Å²) in [5.41, 5.74) is 6.01. The molecule has 5 N–H and O–H groups in total. The topological polar surface area (TPSA) is 104 Å². The molecule has 2 amide bonds. The molecule has 1 rings (SSSR count). The summed E-state index contributed by atoms with van der Waals surface area (Å²) in [5.74, 6) is -0.872. The first kappa shape index (κ1) is 22.9. The van der Waals surface area contributed by atoms with E-state index in [1.165, 1.54) is 0 Å². The fraction of sp³-hybridized carbons (Fsp3) is 0.467. The first-order valence-electron chi connectivity index (χ1n) is 7.16. The number of hydrogen-bond acceptors (Lipinski definition) is 4. The van der Waals surface area contributed by atoms with Gasteiger partial charge in [0.1, 0.15) is 0 Å². The quantitative estimate of drug-likeness (QED) is 0.560. The minimum atomic E-state index is -1.05. The first-order chi connectivity index (χ1) is 10.7. The van der Waals surface area contributed by atoms with E-state index in [4.69, 9.17) is 28.9 Å². The van der Waals surface area contributed by atoms with Crippen LogP contribution in [0.25, 0.3) is 0 Å². The van der Waals surface area contributed by atoms with Gasteiger partial charge in [-0.25, -0.2) is 0 Å². The van der Waals surface area contributed by atoms with Gasteiger partial charge in [0, 0.05) is 22.2 Å². The molecule has 1 unspecified atom stereocenters. The number of benzene rings is 1. The van der Waals surface area contributed by atoms with Gasteiger partial charge in [-0.2, -0.15) is 0 Å². The van der Waals surface area contributed by atoms with Crippen molar-refractivity contribution in [1.29, 1.82) is 0 Å². The summed E-state index contributed by atoms with van der Waals surface area (Å²) in [5, 5.41) is 15.6. The summed E-state index contributed by atoms with van der Waals surface area (Å²) in [7, 11) is 0. The Morgan fingerprint density at radius 1 is 1.21 bits per heavy atom.